The highest BCUT2D eigenvalue weighted by Crippen LogP contribution is 2.32. The van der Waals surface area contributed by atoms with E-state index in [2.05, 4.69) is 4.98 Å². The zero-order valence-electron chi connectivity index (χ0n) is 19.9. The molecule has 0 fully saturated rings. The van der Waals surface area contributed by atoms with Crippen molar-refractivity contribution in [3.63, 3.8) is 0 Å². The fourth-order valence-corrected chi connectivity index (χ4v) is 3.77. The van der Waals surface area contributed by atoms with E-state index in [0.717, 1.165) is 5.56 Å². The Balaban J connectivity index is 0.000000346. The lowest BCUT2D eigenvalue weighted by Crippen LogP contribution is -2.21. The highest BCUT2D eigenvalue weighted by atomic mass is 32.2. The maximum absolute atomic E-state index is 11.9. The average Bonchev–Trinajstić information content (AvgIpc) is 2.84. The molecule has 1 aromatic heterocycles. The van der Waals surface area contributed by atoms with Crippen molar-refractivity contribution in [3.8, 4) is 22.8 Å². The highest BCUT2D eigenvalue weighted by Gasteiger charge is 2.13. The second-order valence-corrected chi connectivity index (χ2v) is 9.06. The van der Waals surface area contributed by atoms with Gasteiger partial charge in [0, 0.05) is 17.7 Å². The summed E-state index contributed by atoms with van der Waals surface area (Å²) in [5.41, 5.74) is 7.02. The van der Waals surface area contributed by atoms with Gasteiger partial charge in [-0.25, -0.2) is 0 Å². The summed E-state index contributed by atoms with van der Waals surface area (Å²) < 4.78 is 47.0. The van der Waals surface area contributed by atoms with Gasteiger partial charge < -0.3 is 24.5 Å². The number of aromatic nitrogens is 2. The van der Waals surface area contributed by atoms with Crippen LogP contribution in [-0.4, -0.2) is 55.9 Å². The van der Waals surface area contributed by atoms with Gasteiger partial charge in [-0.1, -0.05) is 17.7 Å². The van der Waals surface area contributed by atoms with Crippen LogP contribution in [0.1, 0.15) is 5.56 Å². The van der Waals surface area contributed by atoms with E-state index in [-0.39, 0.29) is 34.9 Å². The molecule has 194 valence electrons. The molecule has 3 aromatic rings. The first-order valence-electron chi connectivity index (χ1n) is 10.5. The minimum atomic E-state index is -4.02. The molecule has 2 aromatic carbocycles. The first-order valence-corrected chi connectivity index (χ1v) is 12.3. The van der Waals surface area contributed by atoms with Gasteiger partial charge in [-0.05, 0) is 43.4 Å². The van der Waals surface area contributed by atoms with Crippen LogP contribution in [0.15, 0.2) is 58.2 Å². The predicted octanol–water partition coefficient (Wildman–Crippen LogP) is 2.33. The van der Waals surface area contributed by atoms with Gasteiger partial charge in [0.15, 0.2) is 4.77 Å². The first-order chi connectivity index (χ1) is 17.0. The van der Waals surface area contributed by atoms with Crippen LogP contribution >= 0.6 is 12.2 Å². The van der Waals surface area contributed by atoms with E-state index in [1.54, 1.807) is 42.0 Å². The van der Waals surface area contributed by atoms with Crippen molar-refractivity contribution in [2.24, 2.45) is 5.73 Å². The van der Waals surface area contributed by atoms with Gasteiger partial charge in [0.05, 0.1) is 37.9 Å². The Morgan fingerprint density at radius 3 is 2.33 bits per heavy atom. The number of nitrogens with two attached hydrogens (primary N) is 1. The van der Waals surface area contributed by atoms with Crippen molar-refractivity contribution < 1.29 is 32.0 Å². The molecule has 1 heterocycles. The highest BCUT2D eigenvalue weighted by molar-refractivity contribution is 7.85. The number of hydrogen-bond acceptors (Lipinski definition) is 9. The molecular weight excluding hydrogens is 510 g/mol. The molecular formula is C23H27N3O8S2. The normalized spacial score (nSPS) is 10.7. The summed E-state index contributed by atoms with van der Waals surface area (Å²) in [4.78, 5) is 25.6. The van der Waals surface area contributed by atoms with Crippen LogP contribution in [0.25, 0.3) is 11.3 Å². The second-order valence-electron chi connectivity index (χ2n) is 7.25. The minimum absolute atomic E-state index is 0.0666. The van der Waals surface area contributed by atoms with E-state index in [1.807, 2.05) is 6.92 Å². The summed E-state index contributed by atoms with van der Waals surface area (Å²) in [5, 5.41) is 0. The summed E-state index contributed by atoms with van der Waals surface area (Å²) >= 11 is 5.24. The maximum Gasteiger partial charge on any atom is 0.319 e. The topological polar surface area (TPSA) is 163 Å². The van der Waals surface area contributed by atoms with E-state index in [9.17, 15) is 18.0 Å². The molecule has 0 atom stereocenters. The molecule has 13 heteroatoms. The lowest BCUT2D eigenvalue weighted by molar-refractivity contribution is -0.142. The standard InChI is InChI=1S/C16H19N3O5S.C7H8O3S/c1-22-10-3-4-11(13(7-10)23-2)12-8-14(20)18-16(25)19(12)5-6-24-15(21)9-17;1-6-2-4-7(5-3-6)11(8,9)10/h3-4,7-8H,5-6,9,17H2,1-2H3,(H,18,20,25);2-5H,1H3,(H,8,9,10). The summed E-state index contributed by atoms with van der Waals surface area (Å²) in [6, 6.07) is 12.6. The molecule has 4 N–H and O–H groups in total. The van der Waals surface area contributed by atoms with Crippen molar-refractivity contribution in [1.82, 2.24) is 9.55 Å². The van der Waals surface area contributed by atoms with Gasteiger partial charge in [0.25, 0.3) is 15.7 Å². The van der Waals surface area contributed by atoms with Crippen LogP contribution in [0.5, 0.6) is 11.5 Å². The molecule has 0 aliphatic carbocycles. The fourth-order valence-electron chi connectivity index (χ4n) is 3.00. The zero-order chi connectivity index (χ0) is 26.9. The van der Waals surface area contributed by atoms with Crippen LogP contribution in [0.2, 0.25) is 0 Å². The Kier molecular flexibility index (Phi) is 10.3. The van der Waals surface area contributed by atoms with Crippen LogP contribution in [0, 0.1) is 11.7 Å². The van der Waals surface area contributed by atoms with Gasteiger partial charge in [-0.3, -0.25) is 19.1 Å². The van der Waals surface area contributed by atoms with E-state index >= 15 is 0 Å². The minimum Gasteiger partial charge on any atom is -0.497 e. The second kappa shape index (κ2) is 13.0. The smallest absolute Gasteiger partial charge is 0.319 e. The number of esters is 1. The van der Waals surface area contributed by atoms with Crippen molar-refractivity contribution in [3.05, 3.63) is 69.2 Å². The number of methoxy groups -OCH3 is 2. The molecule has 0 saturated carbocycles. The number of nitrogens with one attached hydrogen (secondary N) is 1. The number of H-pyrrole nitrogens is 1. The maximum atomic E-state index is 11.9. The molecule has 0 aliphatic heterocycles. The zero-order valence-corrected chi connectivity index (χ0v) is 21.5. The third-order valence-electron chi connectivity index (χ3n) is 4.78. The monoisotopic (exact) mass is 537 g/mol. The number of hydrogen-bond donors (Lipinski definition) is 3. The van der Waals surface area contributed by atoms with Crippen LogP contribution in [0.3, 0.4) is 0 Å². The molecule has 36 heavy (non-hydrogen) atoms. The molecule has 3 rings (SSSR count). The Morgan fingerprint density at radius 1 is 1.11 bits per heavy atom. The van der Waals surface area contributed by atoms with Crippen LogP contribution in [0.4, 0.5) is 0 Å². The lowest BCUT2D eigenvalue weighted by atomic mass is 10.1. The molecule has 0 amide bonds. The molecule has 0 saturated heterocycles. The van der Waals surface area contributed by atoms with Crippen LogP contribution in [-0.2, 0) is 26.2 Å². The summed E-state index contributed by atoms with van der Waals surface area (Å²) in [6.45, 7) is 1.97. The number of carbonyl (C=O) groups excluding carboxylic acids is 1. The molecule has 11 nitrogen and oxygen atoms in total. The summed E-state index contributed by atoms with van der Waals surface area (Å²) in [6.07, 6.45) is 0. The molecule has 0 unspecified atom stereocenters. The number of aryl methyl sites for hydroxylation is 1. The van der Waals surface area contributed by atoms with Gasteiger partial charge in [-0.15, -0.1) is 0 Å². The Bertz CT molecular complexity index is 1410. The van der Waals surface area contributed by atoms with E-state index in [1.165, 1.54) is 25.3 Å². The number of rotatable bonds is 8. The van der Waals surface area contributed by atoms with Crippen molar-refractivity contribution in [1.29, 1.82) is 0 Å². The summed E-state index contributed by atoms with van der Waals surface area (Å²) in [5.74, 6) is 0.624. The number of ether oxygens (including phenoxy) is 3. The SMILES string of the molecule is COc1ccc(-c2cc(=O)[nH]c(=S)n2CCOC(=O)CN)c(OC)c1.Cc1ccc(S(=O)(=O)O)cc1. The molecule has 0 spiro atoms. The number of carbonyl (C=O) groups is 1. The quantitative estimate of drug-likeness (QED) is 0.221. The van der Waals surface area contributed by atoms with E-state index in [0.29, 0.717) is 22.8 Å². The Morgan fingerprint density at radius 2 is 1.78 bits per heavy atom. The largest absolute Gasteiger partial charge is 0.497 e. The van der Waals surface area contributed by atoms with Crippen molar-refractivity contribution in [2.75, 3.05) is 27.4 Å². The van der Waals surface area contributed by atoms with Gasteiger partial charge in [0.2, 0.25) is 0 Å². The van der Waals surface area contributed by atoms with Crippen molar-refractivity contribution in [2.45, 2.75) is 18.4 Å². The van der Waals surface area contributed by atoms with Gasteiger partial charge >= 0.3 is 5.97 Å². The Labute approximate surface area is 213 Å². The molecule has 0 aliphatic rings. The predicted molar refractivity (Wildman–Crippen MR) is 135 cm³/mol. The van der Waals surface area contributed by atoms with E-state index < -0.39 is 16.1 Å². The van der Waals surface area contributed by atoms with Gasteiger partial charge in [0.1, 0.15) is 18.1 Å². The summed E-state index contributed by atoms with van der Waals surface area (Å²) in [7, 11) is -0.948. The van der Waals surface area contributed by atoms with Gasteiger partial charge in [-0.2, -0.15) is 8.42 Å². The molecule has 0 radical (unpaired) electrons. The average molecular weight is 538 g/mol. The fraction of sp³-hybridized carbons (Fsp3) is 0.261. The Hall–Kier alpha value is -3.52. The van der Waals surface area contributed by atoms with Crippen molar-refractivity contribution >= 4 is 28.3 Å². The number of nitrogens with zero attached hydrogens (tertiary/aromatic N) is 1. The third kappa shape index (κ3) is 8.02. The third-order valence-corrected chi connectivity index (χ3v) is 5.97. The van der Waals surface area contributed by atoms with Crippen LogP contribution < -0.4 is 20.8 Å². The number of benzene rings is 2. The molecule has 0 bridgehead atoms. The number of aromatic amines is 1. The first kappa shape index (κ1) is 28.7. The van der Waals surface area contributed by atoms with E-state index in [4.69, 9.17) is 36.7 Å². The lowest BCUT2D eigenvalue weighted by Gasteiger charge is -2.16.